The maximum atomic E-state index is 13.7. The molecule has 0 fully saturated rings. The van der Waals surface area contributed by atoms with Crippen molar-refractivity contribution in [3.05, 3.63) is 101 Å². The van der Waals surface area contributed by atoms with E-state index in [0.29, 0.717) is 6.42 Å². The number of allylic oxidation sites excluding steroid dienone is 1. The van der Waals surface area contributed by atoms with Gasteiger partial charge in [0.1, 0.15) is 5.75 Å². The molecule has 1 aliphatic heterocycles. The zero-order valence-corrected chi connectivity index (χ0v) is 19.4. The van der Waals surface area contributed by atoms with Gasteiger partial charge in [0.15, 0.2) is 5.78 Å². The van der Waals surface area contributed by atoms with Crippen LogP contribution in [0.3, 0.4) is 0 Å². The summed E-state index contributed by atoms with van der Waals surface area (Å²) in [5.41, 5.74) is 7.22. The van der Waals surface area contributed by atoms with E-state index in [1.54, 1.807) is 0 Å². The monoisotopic (exact) mass is 438 g/mol. The summed E-state index contributed by atoms with van der Waals surface area (Å²) in [6, 6.07) is 24.5. The standard InChI is InChI=1S/C29H30N2O2/c1-18(2)33-27-11-7-4-8-22(27)29-28-25(30-23-9-5-6-10-24(23)31-29)16-21(17-26(28)32)20-14-12-19(3)13-15-20/h4-15,18,21,29-31H,16-17H2,1-3H3. The quantitative estimate of drug-likeness (QED) is 0.472. The minimum Gasteiger partial charge on any atom is -0.491 e. The first kappa shape index (κ1) is 21.3. The minimum atomic E-state index is -0.280. The first-order valence-corrected chi connectivity index (χ1v) is 11.7. The fraction of sp³-hybridized carbons (Fsp3) is 0.276. The maximum Gasteiger partial charge on any atom is 0.163 e. The van der Waals surface area contributed by atoms with Crippen LogP contribution in [-0.2, 0) is 4.79 Å². The van der Waals surface area contributed by atoms with Gasteiger partial charge in [-0.2, -0.15) is 0 Å². The average Bonchev–Trinajstić information content (AvgIpc) is 2.96. The Bertz CT molecular complexity index is 1210. The van der Waals surface area contributed by atoms with E-state index >= 15 is 0 Å². The van der Waals surface area contributed by atoms with E-state index in [1.807, 2.05) is 44.2 Å². The molecule has 33 heavy (non-hydrogen) atoms. The third-order valence-electron chi connectivity index (χ3n) is 6.45. The number of Topliss-reactive ketones (excluding diaryl/α,β-unsaturated/α-hetero) is 1. The molecule has 168 valence electrons. The number of nitrogens with one attached hydrogen (secondary N) is 2. The fourth-order valence-corrected chi connectivity index (χ4v) is 4.88. The lowest BCUT2D eigenvalue weighted by atomic mass is 9.78. The summed E-state index contributed by atoms with van der Waals surface area (Å²) >= 11 is 0. The maximum absolute atomic E-state index is 13.7. The number of ether oxygens (including phenoxy) is 1. The fourth-order valence-electron chi connectivity index (χ4n) is 4.88. The highest BCUT2D eigenvalue weighted by Crippen LogP contribution is 2.45. The molecule has 3 aromatic carbocycles. The second-order valence-corrected chi connectivity index (χ2v) is 9.28. The molecule has 3 aromatic rings. The van der Waals surface area contributed by atoms with Crippen LogP contribution in [0.15, 0.2) is 84.1 Å². The van der Waals surface area contributed by atoms with Crippen molar-refractivity contribution in [2.45, 2.75) is 51.7 Å². The van der Waals surface area contributed by atoms with Crippen LogP contribution in [0.4, 0.5) is 11.4 Å². The van der Waals surface area contributed by atoms with Gasteiger partial charge in [0, 0.05) is 23.3 Å². The summed E-state index contributed by atoms with van der Waals surface area (Å²) in [4.78, 5) is 13.7. The smallest absolute Gasteiger partial charge is 0.163 e. The Balaban J connectivity index is 1.61. The first-order chi connectivity index (χ1) is 16.0. The molecule has 2 atom stereocenters. The molecule has 0 saturated heterocycles. The number of para-hydroxylation sites is 3. The van der Waals surface area contributed by atoms with E-state index < -0.39 is 0 Å². The summed E-state index contributed by atoms with van der Waals surface area (Å²) in [5.74, 6) is 1.15. The van der Waals surface area contributed by atoms with Gasteiger partial charge in [-0.15, -0.1) is 0 Å². The zero-order valence-electron chi connectivity index (χ0n) is 19.4. The number of ketones is 1. The Morgan fingerprint density at radius 3 is 2.33 bits per heavy atom. The van der Waals surface area contributed by atoms with Crippen LogP contribution in [0.2, 0.25) is 0 Å². The van der Waals surface area contributed by atoms with Crippen molar-refractivity contribution in [2.24, 2.45) is 0 Å². The Kier molecular flexibility index (Phi) is 5.67. The summed E-state index contributed by atoms with van der Waals surface area (Å²) in [6.07, 6.45) is 1.35. The predicted octanol–water partition coefficient (Wildman–Crippen LogP) is 6.76. The van der Waals surface area contributed by atoms with E-state index in [-0.39, 0.29) is 23.8 Å². The molecule has 1 aliphatic carbocycles. The molecule has 0 aromatic heterocycles. The number of carbonyl (C=O) groups excluding carboxylic acids is 1. The van der Waals surface area contributed by atoms with Crippen LogP contribution in [0.5, 0.6) is 5.75 Å². The van der Waals surface area contributed by atoms with Crippen LogP contribution in [0.1, 0.15) is 55.3 Å². The van der Waals surface area contributed by atoms with Crippen LogP contribution in [0, 0.1) is 6.92 Å². The number of rotatable bonds is 4. The largest absolute Gasteiger partial charge is 0.491 e. The van der Waals surface area contributed by atoms with Gasteiger partial charge in [0.2, 0.25) is 0 Å². The Morgan fingerprint density at radius 2 is 1.58 bits per heavy atom. The van der Waals surface area contributed by atoms with Gasteiger partial charge in [-0.3, -0.25) is 4.79 Å². The van der Waals surface area contributed by atoms with E-state index in [0.717, 1.165) is 40.4 Å². The Labute approximate surface area is 195 Å². The summed E-state index contributed by atoms with van der Waals surface area (Å²) in [6.45, 7) is 6.14. The lowest BCUT2D eigenvalue weighted by Gasteiger charge is -2.30. The third-order valence-corrected chi connectivity index (χ3v) is 6.45. The molecule has 0 bridgehead atoms. The average molecular weight is 439 g/mol. The van der Waals surface area contributed by atoms with Crippen molar-refractivity contribution in [3.8, 4) is 5.75 Å². The van der Waals surface area contributed by atoms with Gasteiger partial charge < -0.3 is 15.4 Å². The number of fused-ring (bicyclic) bond motifs is 1. The predicted molar refractivity (Wildman–Crippen MR) is 134 cm³/mol. The molecular formula is C29H30N2O2. The first-order valence-electron chi connectivity index (χ1n) is 11.7. The number of anilines is 2. The molecule has 2 aliphatic rings. The third kappa shape index (κ3) is 4.25. The highest BCUT2D eigenvalue weighted by Gasteiger charge is 2.37. The zero-order chi connectivity index (χ0) is 22.9. The van der Waals surface area contributed by atoms with Crippen LogP contribution in [0.25, 0.3) is 0 Å². The number of hydrogen-bond acceptors (Lipinski definition) is 4. The minimum absolute atomic E-state index is 0.0452. The van der Waals surface area contributed by atoms with Crippen molar-refractivity contribution in [2.75, 3.05) is 10.6 Å². The molecule has 0 saturated carbocycles. The van der Waals surface area contributed by atoms with Crippen LogP contribution in [-0.4, -0.2) is 11.9 Å². The topological polar surface area (TPSA) is 50.4 Å². The van der Waals surface area contributed by atoms with Crippen molar-refractivity contribution in [1.29, 1.82) is 0 Å². The van der Waals surface area contributed by atoms with Gasteiger partial charge in [-0.05, 0) is 56.9 Å². The van der Waals surface area contributed by atoms with Gasteiger partial charge in [0.25, 0.3) is 0 Å². The summed E-state index contributed by atoms with van der Waals surface area (Å²) in [7, 11) is 0. The van der Waals surface area contributed by atoms with E-state index in [9.17, 15) is 4.79 Å². The molecule has 1 heterocycles. The molecule has 0 amide bonds. The SMILES string of the molecule is Cc1ccc(C2CC(=O)C3=C(C2)Nc2ccccc2NC3c2ccccc2OC(C)C)cc1. The lowest BCUT2D eigenvalue weighted by molar-refractivity contribution is -0.116. The number of hydrogen-bond donors (Lipinski definition) is 2. The van der Waals surface area contributed by atoms with Gasteiger partial charge >= 0.3 is 0 Å². The van der Waals surface area contributed by atoms with Crippen molar-refractivity contribution in [1.82, 2.24) is 0 Å². The number of benzene rings is 3. The molecular weight excluding hydrogens is 408 g/mol. The Morgan fingerprint density at radius 1 is 0.879 bits per heavy atom. The van der Waals surface area contributed by atoms with Crippen LogP contribution < -0.4 is 15.4 Å². The summed E-state index contributed by atoms with van der Waals surface area (Å²) in [5, 5.41) is 7.28. The molecule has 2 N–H and O–H groups in total. The van der Waals surface area contributed by atoms with E-state index in [4.69, 9.17) is 4.74 Å². The van der Waals surface area contributed by atoms with Crippen molar-refractivity contribution in [3.63, 3.8) is 0 Å². The molecule has 4 heteroatoms. The lowest BCUT2D eigenvalue weighted by Crippen LogP contribution is -2.27. The van der Waals surface area contributed by atoms with Gasteiger partial charge in [0.05, 0.1) is 23.5 Å². The number of carbonyl (C=O) groups is 1. The van der Waals surface area contributed by atoms with Gasteiger partial charge in [-0.25, -0.2) is 0 Å². The van der Waals surface area contributed by atoms with Gasteiger partial charge in [-0.1, -0.05) is 60.2 Å². The molecule has 0 spiro atoms. The molecule has 5 rings (SSSR count). The summed E-state index contributed by atoms with van der Waals surface area (Å²) < 4.78 is 6.15. The van der Waals surface area contributed by atoms with Crippen molar-refractivity contribution >= 4 is 17.2 Å². The molecule has 4 nitrogen and oxygen atoms in total. The van der Waals surface area contributed by atoms with Crippen molar-refractivity contribution < 1.29 is 9.53 Å². The van der Waals surface area contributed by atoms with Crippen LogP contribution >= 0.6 is 0 Å². The second kappa shape index (κ2) is 8.78. The molecule has 2 unspecified atom stereocenters. The highest BCUT2D eigenvalue weighted by atomic mass is 16.5. The van der Waals surface area contributed by atoms with E-state index in [2.05, 4.69) is 60.0 Å². The number of aryl methyl sites for hydroxylation is 1. The normalized spacial score (nSPS) is 19.8. The Hall–Kier alpha value is -3.53. The second-order valence-electron chi connectivity index (χ2n) is 9.28. The van der Waals surface area contributed by atoms with E-state index in [1.165, 1.54) is 11.1 Å². The highest BCUT2D eigenvalue weighted by molar-refractivity contribution is 6.01. The molecule has 0 radical (unpaired) electrons.